The van der Waals surface area contributed by atoms with Crippen molar-refractivity contribution in [2.24, 2.45) is 0 Å². The van der Waals surface area contributed by atoms with Crippen LogP contribution in [-0.4, -0.2) is 10.2 Å². The Kier molecular flexibility index (Phi) is 2.92. The maximum atomic E-state index is 5.52. The van der Waals surface area contributed by atoms with Crippen molar-refractivity contribution in [2.45, 2.75) is 17.0 Å². The lowest BCUT2D eigenvalue weighted by Gasteiger charge is -2.23. The van der Waals surface area contributed by atoms with Gasteiger partial charge in [-0.25, -0.2) is 0 Å². The largest absolute Gasteiger partial charge is 0.361 e. The lowest BCUT2D eigenvalue weighted by atomic mass is 10.1. The molecule has 0 aromatic carbocycles. The average Bonchev–Trinajstić information content (AvgIpc) is 1.89. The molecule has 0 aromatic heterocycles. The molecule has 0 saturated carbocycles. The molecule has 0 saturated heterocycles. The van der Waals surface area contributed by atoms with Crippen LogP contribution in [0.1, 0.15) is 13.3 Å². The van der Waals surface area contributed by atoms with E-state index in [-0.39, 0.29) is 3.61 Å². The first-order chi connectivity index (χ1) is 4.77. The van der Waals surface area contributed by atoms with Gasteiger partial charge in [-0.05, 0) is 35.6 Å². The van der Waals surface area contributed by atoms with E-state index in [9.17, 15) is 0 Å². The number of allylic oxidation sites excluding steroid dienone is 2. The van der Waals surface area contributed by atoms with Crippen LogP contribution in [0, 0.1) is 0 Å². The fraction of sp³-hybridized carbons (Fsp3) is 0.500. The molecular formula is C8H11IO. The molecule has 0 spiro atoms. The highest BCUT2D eigenvalue weighted by molar-refractivity contribution is 14.1. The van der Waals surface area contributed by atoms with Gasteiger partial charge in [0.2, 0.25) is 0 Å². The summed E-state index contributed by atoms with van der Waals surface area (Å²) in [5.41, 5.74) is 0. The van der Waals surface area contributed by atoms with E-state index in [2.05, 4.69) is 40.8 Å². The number of halogens is 1. The molecular weight excluding hydrogens is 239 g/mol. The Labute approximate surface area is 75.3 Å². The summed E-state index contributed by atoms with van der Waals surface area (Å²) in [6, 6.07) is 0. The molecule has 0 aliphatic heterocycles. The molecule has 2 heteroatoms. The van der Waals surface area contributed by atoms with Gasteiger partial charge in [0.25, 0.3) is 0 Å². The van der Waals surface area contributed by atoms with Crippen molar-refractivity contribution in [3.63, 3.8) is 0 Å². The Bertz CT molecular complexity index is 163. The van der Waals surface area contributed by atoms with E-state index in [4.69, 9.17) is 4.74 Å². The third-order valence-electron chi connectivity index (χ3n) is 1.37. The van der Waals surface area contributed by atoms with Crippen molar-refractivity contribution >= 4 is 22.6 Å². The standard InChI is InChI=1S/C8H11IO/c1-2-10-8(9)6-4-3-5-7-8/h3-6H,2,7H2,1H3/t8-/m1/s1. The highest BCUT2D eigenvalue weighted by Gasteiger charge is 2.22. The molecule has 10 heavy (non-hydrogen) atoms. The van der Waals surface area contributed by atoms with Crippen LogP contribution in [-0.2, 0) is 4.74 Å². The van der Waals surface area contributed by atoms with Crippen LogP contribution in [0.15, 0.2) is 24.3 Å². The lowest BCUT2D eigenvalue weighted by molar-refractivity contribution is 0.0846. The zero-order chi connectivity index (χ0) is 7.45. The maximum Gasteiger partial charge on any atom is 0.141 e. The minimum atomic E-state index is -0.0682. The lowest BCUT2D eigenvalue weighted by Crippen LogP contribution is -2.21. The van der Waals surface area contributed by atoms with E-state index in [1.165, 1.54) is 0 Å². The first kappa shape index (κ1) is 8.27. The second kappa shape index (κ2) is 3.53. The van der Waals surface area contributed by atoms with Crippen molar-refractivity contribution in [1.29, 1.82) is 0 Å². The third-order valence-corrected chi connectivity index (χ3v) is 2.48. The molecule has 0 amide bonds. The van der Waals surface area contributed by atoms with Gasteiger partial charge in [-0.3, -0.25) is 0 Å². The molecule has 1 rings (SSSR count). The second-order valence-corrected chi connectivity index (χ2v) is 4.04. The molecule has 1 aliphatic rings. The first-order valence-corrected chi connectivity index (χ1v) is 4.52. The van der Waals surface area contributed by atoms with Crippen LogP contribution >= 0.6 is 22.6 Å². The van der Waals surface area contributed by atoms with Gasteiger partial charge in [0, 0.05) is 13.0 Å². The van der Waals surface area contributed by atoms with Crippen molar-refractivity contribution in [2.75, 3.05) is 6.61 Å². The van der Waals surface area contributed by atoms with Crippen LogP contribution < -0.4 is 0 Å². The monoisotopic (exact) mass is 250 g/mol. The number of alkyl halides is 1. The minimum absolute atomic E-state index is 0.0682. The van der Waals surface area contributed by atoms with Gasteiger partial charge in [-0.1, -0.05) is 18.2 Å². The Morgan fingerprint density at radius 3 is 2.90 bits per heavy atom. The van der Waals surface area contributed by atoms with Crippen LogP contribution in [0.5, 0.6) is 0 Å². The van der Waals surface area contributed by atoms with Gasteiger partial charge >= 0.3 is 0 Å². The van der Waals surface area contributed by atoms with Gasteiger partial charge in [0.05, 0.1) is 0 Å². The van der Waals surface area contributed by atoms with Crippen LogP contribution in [0.4, 0.5) is 0 Å². The Morgan fingerprint density at radius 1 is 1.60 bits per heavy atom. The molecule has 0 unspecified atom stereocenters. The van der Waals surface area contributed by atoms with E-state index in [1.54, 1.807) is 0 Å². The average molecular weight is 250 g/mol. The van der Waals surface area contributed by atoms with E-state index in [0.29, 0.717) is 0 Å². The van der Waals surface area contributed by atoms with Crippen molar-refractivity contribution in [3.05, 3.63) is 24.3 Å². The van der Waals surface area contributed by atoms with E-state index in [0.717, 1.165) is 13.0 Å². The quantitative estimate of drug-likeness (QED) is 0.540. The predicted octanol–water partition coefficient (Wildman–Crippen LogP) is 2.67. The summed E-state index contributed by atoms with van der Waals surface area (Å²) in [4.78, 5) is 0. The van der Waals surface area contributed by atoms with Gasteiger partial charge in [0.1, 0.15) is 3.61 Å². The van der Waals surface area contributed by atoms with Gasteiger partial charge in [0.15, 0.2) is 0 Å². The summed E-state index contributed by atoms with van der Waals surface area (Å²) in [5.74, 6) is 0. The van der Waals surface area contributed by atoms with Crippen LogP contribution in [0.2, 0.25) is 0 Å². The molecule has 0 aromatic rings. The molecule has 0 radical (unpaired) electrons. The topological polar surface area (TPSA) is 9.23 Å². The summed E-state index contributed by atoms with van der Waals surface area (Å²) in [7, 11) is 0. The third kappa shape index (κ3) is 2.09. The summed E-state index contributed by atoms with van der Waals surface area (Å²) in [6.07, 6.45) is 9.29. The van der Waals surface area contributed by atoms with Crippen molar-refractivity contribution in [1.82, 2.24) is 0 Å². The Hall–Kier alpha value is 0.170. The highest BCUT2D eigenvalue weighted by Crippen LogP contribution is 2.29. The van der Waals surface area contributed by atoms with Crippen molar-refractivity contribution < 1.29 is 4.74 Å². The molecule has 1 aliphatic carbocycles. The number of rotatable bonds is 2. The summed E-state index contributed by atoms with van der Waals surface area (Å²) < 4.78 is 5.45. The molecule has 0 heterocycles. The predicted molar refractivity (Wildman–Crippen MR) is 51.3 cm³/mol. The molecule has 0 fully saturated rings. The molecule has 1 nitrogen and oxygen atoms in total. The first-order valence-electron chi connectivity index (χ1n) is 3.44. The Balaban J connectivity index is 2.52. The van der Waals surface area contributed by atoms with Gasteiger partial charge in [-0.2, -0.15) is 0 Å². The fourth-order valence-electron chi connectivity index (χ4n) is 0.922. The summed E-state index contributed by atoms with van der Waals surface area (Å²) >= 11 is 2.33. The Morgan fingerprint density at radius 2 is 2.40 bits per heavy atom. The maximum absolute atomic E-state index is 5.52. The van der Waals surface area contributed by atoms with Gasteiger partial charge in [-0.15, -0.1) is 0 Å². The number of hydrogen-bond donors (Lipinski definition) is 0. The number of ether oxygens (including phenoxy) is 1. The number of hydrogen-bond acceptors (Lipinski definition) is 1. The summed E-state index contributed by atoms with van der Waals surface area (Å²) in [6.45, 7) is 2.80. The SMILES string of the molecule is CCO[C@]1(I)C=CC=CC1. The van der Waals surface area contributed by atoms with E-state index >= 15 is 0 Å². The van der Waals surface area contributed by atoms with Crippen LogP contribution in [0.25, 0.3) is 0 Å². The molecule has 1 atom stereocenters. The summed E-state index contributed by atoms with van der Waals surface area (Å²) in [5, 5.41) is 0. The zero-order valence-electron chi connectivity index (χ0n) is 6.01. The molecule has 0 N–H and O–H groups in total. The second-order valence-electron chi connectivity index (χ2n) is 2.21. The zero-order valence-corrected chi connectivity index (χ0v) is 8.17. The van der Waals surface area contributed by atoms with Crippen LogP contribution in [0.3, 0.4) is 0 Å². The molecule has 56 valence electrons. The van der Waals surface area contributed by atoms with E-state index < -0.39 is 0 Å². The smallest absolute Gasteiger partial charge is 0.141 e. The van der Waals surface area contributed by atoms with E-state index in [1.807, 2.05) is 13.0 Å². The minimum Gasteiger partial charge on any atom is -0.361 e. The molecule has 0 bridgehead atoms. The van der Waals surface area contributed by atoms with Crippen molar-refractivity contribution in [3.8, 4) is 0 Å². The normalized spacial score (nSPS) is 31.0. The fourth-order valence-corrected chi connectivity index (χ4v) is 1.69. The highest BCUT2D eigenvalue weighted by atomic mass is 127. The van der Waals surface area contributed by atoms with Gasteiger partial charge < -0.3 is 4.74 Å².